The third kappa shape index (κ3) is 4.14. The maximum absolute atomic E-state index is 12.3. The van der Waals surface area contributed by atoms with E-state index in [0.29, 0.717) is 16.6 Å². The Balaban J connectivity index is 1.69. The summed E-state index contributed by atoms with van der Waals surface area (Å²) in [5, 5.41) is 3.27. The number of aromatic nitrogens is 2. The van der Waals surface area contributed by atoms with Gasteiger partial charge in [0.25, 0.3) is 5.56 Å². The van der Waals surface area contributed by atoms with Gasteiger partial charge in [-0.2, -0.15) is 0 Å². The molecule has 0 aliphatic heterocycles. The minimum absolute atomic E-state index is 0.119. The van der Waals surface area contributed by atoms with Crippen LogP contribution in [0.2, 0.25) is 0 Å². The van der Waals surface area contributed by atoms with Crippen molar-refractivity contribution in [3.05, 3.63) is 69.4 Å². The van der Waals surface area contributed by atoms with E-state index in [2.05, 4.69) is 29.0 Å². The number of fused-ring (bicyclic) bond motifs is 1. The standard InChI is InChI=1S/C21H24N4O3/c1-3-24(4-2)16-11-9-15(10-12-16)22-19(26)13-14-25-18-8-6-5-7-17(18)20(27)23-21(25)28/h5-12H,3-4,13-14H2,1-2H3,(H,22,26)(H,23,27,28). The first-order valence-corrected chi connectivity index (χ1v) is 9.40. The van der Waals surface area contributed by atoms with Gasteiger partial charge >= 0.3 is 5.69 Å². The third-order valence-corrected chi connectivity index (χ3v) is 4.75. The molecule has 1 aromatic heterocycles. The zero-order valence-corrected chi connectivity index (χ0v) is 16.1. The molecule has 7 heteroatoms. The molecule has 0 radical (unpaired) electrons. The first-order chi connectivity index (χ1) is 13.5. The van der Waals surface area contributed by atoms with Gasteiger partial charge in [0.1, 0.15) is 0 Å². The number of aromatic amines is 1. The van der Waals surface area contributed by atoms with Crippen molar-refractivity contribution in [2.24, 2.45) is 0 Å². The molecular weight excluding hydrogens is 356 g/mol. The summed E-state index contributed by atoms with van der Waals surface area (Å²) >= 11 is 0. The predicted octanol–water partition coefficient (Wildman–Crippen LogP) is 2.56. The van der Waals surface area contributed by atoms with Gasteiger partial charge in [-0.15, -0.1) is 0 Å². The highest BCUT2D eigenvalue weighted by molar-refractivity contribution is 5.91. The molecule has 0 aliphatic carbocycles. The molecule has 0 bridgehead atoms. The Morgan fingerprint density at radius 3 is 2.39 bits per heavy atom. The molecule has 0 atom stereocenters. The van der Waals surface area contributed by atoms with E-state index in [-0.39, 0.29) is 18.9 Å². The summed E-state index contributed by atoms with van der Waals surface area (Å²) in [6.07, 6.45) is 0.119. The maximum atomic E-state index is 12.3. The summed E-state index contributed by atoms with van der Waals surface area (Å²) < 4.78 is 1.42. The smallest absolute Gasteiger partial charge is 0.328 e. The van der Waals surface area contributed by atoms with E-state index in [1.807, 2.05) is 24.3 Å². The summed E-state index contributed by atoms with van der Waals surface area (Å²) in [7, 11) is 0. The minimum atomic E-state index is -0.514. The van der Waals surface area contributed by atoms with Crippen molar-refractivity contribution in [1.82, 2.24) is 9.55 Å². The average molecular weight is 380 g/mol. The molecular formula is C21H24N4O3. The van der Waals surface area contributed by atoms with Crippen LogP contribution in [-0.2, 0) is 11.3 Å². The van der Waals surface area contributed by atoms with Crippen LogP contribution >= 0.6 is 0 Å². The van der Waals surface area contributed by atoms with Crippen LogP contribution in [-0.4, -0.2) is 28.5 Å². The number of aryl methyl sites for hydroxylation is 1. The summed E-state index contributed by atoms with van der Waals surface area (Å²) in [5.41, 5.74) is 1.40. The molecule has 2 aromatic carbocycles. The van der Waals surface area contributed by atoms with Gasteiger partial charge in [-0.1, -0.05) is 12.1 Å². The molecule has 0 spiro atoms. The van der Waals surface area contributed by atoms with Crippen molar-refractivity contribution in [3.63, 3.8) is 0 Å². The van der Waals surface area contributed by atoms with Crippen LogP contribution in [0.1, 0.15) is 20.3 Å². The van der Waals surface area contributed by atoms with Crippen molar-refractivity contribution < 1.29 is 4.79 Å². The van der Waals surface area contributed by atoms with Gasteiger partial charge in [-0.05, 0) is 50.2 Å². The van der Waals surface area contributed by atoms with E-state index >= 15 is 0 Å². The number of anilines is 2. The Morgan fingerprint density at radius 1 is 1.04 bits per heavy atom. The summed E-state index contributed by atoms with van der Waals surface area (Å²) in [5.74, 6) is -0.197. The first-order valence-electron chi connectivity index (χ1n) is 9.40. The van der Waals surface area contributed by atoms with Gasteiger partial charge in [0.05, 0.1) is 10.9 Å². The van der Waals surface area contributed by atoms with Crippen LogP contribution in [0.4, 0.5) is 11.4 Å². The second-order valence-corrected chi connectivity index (χ2v) is 6.45. The lowest BCUT2D eigenvalue weighted by Crippen LogP contribution is -2.31. The van der Waals surface area contributed by atoms with Gasteiger partial charge in [0.2, 0.25) is 5.91 Å². The van der Waals surface area contributed by atoms with Crippen LogP contribution in [0.25, 0.3) is 10.9 Å². The van der Waals surface area contributed by atoms with E-state index in [4.69, 9.17) is 0 Å². The van der Waals surface area contributed by atoms with Crippen LogP contribution < -0.4 is 21.5 Å². The maximum Gasteiger partial charge on any atom is 0.328 e. The van der Waals surface area contributed by atoms with Crippen molar-refractivity contribution in [2.45, 2.75) is 26.8 Å². The largest absolute Gasteiger partial charge is 0.372 e. The predicted molar refractivity (Wildman–Crippen MR) is 112 cm³/mol. The molecule has 0 unspecified atom stereocenters. The van der Waals surface area contributed by atoms with Gasteiger partial charge < -0.3 is 10.2 Å². The average Bonchev–Trinajstić information content (AvgIpc) is 2.70. The Morgan fingerprint density at radius 2 is 1.71 bits per heavy atom. The number of para-hydroxylation sites is 1. The Bertz CT molecular complexity index is 1080. The topological polar surface area (TPSA) is 87.2 Å². The van der Waals surface area contributed by atoms with Crippen LogP contribution in [0, 0.1) is 0 Å². The third-order valence-electron chi connectivity index (χ3n) is 4.75. The summed E-state index contributed by atoms with van der Waals surface area (Å²) in [4.78, 5) is 40.9. The fourth-order valence-corrected chi connectivity index (χ4v) is 3.25. The van der Waals surface area contributed by atoms with Gasteiger partial charge in [-0.25, -0.2) is 4.79 Å². The summed E-state index contributed by atoms with van der Waals surface area (Å²) in [6.45, 7) is 6.22. The number of carbonyl (C=O) groups excluding carboxylic acids is 1. The molecule has 1 heterocycles. The lowest BCUT2D eigenvalue weighted by atomic mass is 10.2. The first kappa shape index (κ1) is 19.4. The second kappa shape index (κ2) is 8.56. The quantitative estimate of drug-likeness (QED) is 0.659. The van der Waals surface area contributed by atoms with Crippen LogP contribution in [0.15, 0.2) is 58.1 Å². The van der Waals surface area contributed by atoms with E-state index in [0.717, 1.165) is 18.8 Å². The fraction of sp³-hybridized carbons (Fsp3) is 0.286. The fourth-order valence-electron chi connectivity index (χ4n) is 3.25. The number of benzene rings is 2. The van der Waals surface area contributed by atoms with E-state index < -0.39 is 11.2 Å². The zero-order valence-electron chi connectivity index (χ0n) is 16.1. The SMILES string of the molecule is CCN(CC)c1ccc(NC(=O)CCn2c(=O)[nH]c(=O)c3ccccc32)cc1. The second-order valence-electron chi connectivity index (χ2n) is 6.45. The Kier molecular flexibility index (Phi) is 5.93. The lowest BCUT2D eigenvalue weighted by molar-refractivity contribution is -0.116. The number of hydrogen-bond donors (Lipinski definition) is 2. The van der Waals surface area contributed by atoms with Crippen LogP contribution in [0.3, 0.4) is 0 Å². The van der Waals surface area contributed by atoms with Crippen molar-refractivity contribution >= 4 is 28.2 Å². The van der Waals surface area contributed by atoms with Gasteiger partial charge in [0, 0.05) is 37.4 Å². The Labute approximate surface area is 162 Å². The monoisotopic (exact) mass is 380 g/mol. The molecule has 0 saturated heterocycles. The molecule has 2 N–H and O–H groups in total. The molecule has 28 heavy (non-hydrogen) atoms. The van der Waals surface area contributed by atoms with E-state index in [1.165, 1.54) is 4.57 Å². The molecule has 3 aromatic rings. The molecule has 0 aliphatic rings. The molecule has 7 nitrogen and oxygen atoms in total. The number of H-pyrrole nitrogens is 1. The van der Waals surface area contributed by atoms with Crippen molar-refractivity contribution in [3.8, 4) is 0 Å². The van der Waals surface area contributed by atoms with E-state index in [1.54, 1.807) is 24.3 Å². The van der Waals surface area contributed by atoms with Gasteiger partial charge in [0.15, 0.2) is 0 Å². The van der Waals surface area contributed by atoms with Crippen LogP contribution in [0.5, 0.6) is 0 Å². The highest BCUT2D eigenvalue weighted by atomic mass is 16.2. The van der Waals surface area contributed by atoms with Crippen molar-refractivity contribution in [1.29, 1.82) is 0 Å². The molecule has 146 valence electrons. The lowest BCUT2D eigenvalue weighted by Gasteiger charge is -2.21. The molecule has 3 rings (SSSR count). The zero-order chi connectivity index (χ0) is 20.1. The van der Waals surface area contributed by atoms with E-state index in [9.17, 15) is 14.4 Å². The number of carbonyl (C=O) groups is 1. The number of hydrogen-bond acceptors (Lipinski definition) is 4. The summed E-state index contributed by atoms with van der Waals surface area (Å²) in [6, 6.07) is 14.5. The molecule has 0 saturated carbocycles. The Hall–Kier alpha value is -3.35. The number of nitrogens with zero attached hydrogens (tertiary/aromatic N) is 2. The normalized spacial score (nSPS) is 10.8. The highest BCUT2D eigenvalue weighted by Gasteiger charge is 2.09. The number of nitrogens with one attached hydrogen (secondary N) is 2. The van der Waals surface area contributed by atoms with Gasteiger partial charge in [-0.3, -0.25) is 19.1 Å². The van der Waals surface area contributed by atoms with Crippen molar-refractivity contribution in [2.75, 3.05) is 23.3 Å². The molecule has 0 fully saturated rings. The minimum Gasteiger partial charge on any atom is -0.372 e. The highest BCUT2D eigenvalue weighted by Crippen LogP contribution is 2.18. The number of amides is 1. The molecule has 1 amide bonds. The number of rotatable bonds is 7.